The lowest BCUT2D eigenvalue weighted by Gasteiger charge is -2.17. The van der Waals surface area contributed by atoms with Gasteiger partial charge in [0.25, 0.3) is 0 Å². The van der Waals surface area contributed by atoms with Crippen molar-refractivity contribution in [3.05, 3.63) is 24.0 Å². The Balaban J connectivity index is 2.69. The summed E-state index contributed by atoms with van der Waals surface area (Å²) in [4.78, 5) is 0.705. The summed E-state index contributed by atoms with van der Waals surface area (Å²) in [5.41, 5.74) is 0. The van der Waals surface area contributed by atoms with E-state index in [-0.39, 0.29) is 12.5 Å². The molecule has 0 radical (unpaired) electrons. The molecule has 2 nitrogen and oxygen atoms in total. The summed E-state index contributed by atoms with van der Waals surface area (Å²) in [7, 11) is 0. The Morgan fingerprint density at radius 3 is 3.08 bits per heavy atom. The second-order valence-corrected chi connectivity index (χ2v) is 3.31. The number of hydrogen-bond acceptors (Lipinski definition) is 2. The van der Waals surface area contributed by atoms with Gasteiger partial charge in [0, 0.05) is 0 Å². The van der Waals surface area contributed by atoms with Gasteiger partial charge in [-0.3, -0.25) is 0 Å². The van der Waals surface area contributed by atoms with E-state index in [4.69, 9.17) is 4.74 Å². The van der Waals surface area contributed by atoms with E-state index in [1.165, 1.54) is 0 Å². The van der Waals surface area contributed by atoms with Gasteiger partial charge in [-0.25, -0.2) is 8.60 Å². The van der Waals surface area contributed by atoms with Gasteiger partial charge in [-0.05, 0) is 12.2 Å². The molecule has 72 valence electrons. The standard InChI is InChI=1S/C9H11FO2S/c1-7-8(12-6-5-10)3-2-4-9(7)13-11/h2-4,7H,5-6H2,1H3. The van der Waals surface area contributed by atoms with Crippen LogP contribution in [-0.4, -0.2) is 22.4 Å². The van der Waals surface area contributed by atoms with Crippen molar-refractivity contribution in [1.29, 1.82) is 0 Å². The van der Waals surface area contributed by atoms with Crippen LogP contribution in [-0.2, 0) is 16.0 Å². The topological polar surface area (TPSA) is 26.3 Å². The molecule has 4 heteroatoms. The molecule has 0 aliphatic heterocycles. The van der Waals surface area contributed by atoms with Crippen molar-refractivity contribution in [1.82, 2.24) is 0 Å². The van der Waals surface area contributed by atoms with Gasteiger partial charge in [-0.2, -0.15) is 0 Å². The van der Waals surface area contributed by atoms with E-state index < -0.39 is 6.67 Å². The lowest BCUT2D eigenvalue weighted by atomic mass is 10.0. The van der Waals surface area contributed by atoms with Gasteiger partial charge in [0.15, 0.2) is 0 Å². The highest BCUT2D eigenvalue weighted by molar-refractivity contribution is 7.67. The van der Waals surface area contributed by atoms with Crippen LogP contribution in [0.3, 0.4) is 0 Å². The van der Waals surface area contributed by atoms with E-state index in [9.17, 15) is 8.60 Å². The summed E-state index contributed by atoms with van der Waals surface area (Å²) < 4.78 is 27.5. The van der Waals surface area contributed by atoms with E-state index in [0.717, 1.165) is 0 Å². The maximum absolute atomic E-state index is 11.8. The number of rotatable bonds is 3. The Bertz CT molecular complexity index is 290. The van der Waals surface area contributed by atoms with Crippen molar-refractivity contribution >= 4 is 16.1 Å². The van der Waals surface area contributed by atoms with E-state index in [0.29, 0.717) is 21.9 Å². The Labute approximate surface area is 80.2 Å². The molecule has 1 aliphatic carbocycles. The molecule has 0 spiro atoms. The molecule has 1 rings (SSSR count). The third kappa shape index (κ3) is 2.52. The number of ether oxygens (including phenoxy) is 1. The molecule has 0 bridgehead atoms. The van der Waals surface area contributed by atoms with Gasteiger partial charge in [0.2, 0.25) is 0 Å². The predicted molar refractivity (Wildman–Crippen MR) is 51.5 cm³/mol. The molecular formula is C9H11FO2S. The molecule has 1 aliphatic rings. The smallest absolute Gasteiger partial charge is 0.123 e. The third-order valence-electron chi connectivity index (χ3n) is 1.82. The molecule has 0 saturated carbocycles. The fourth-order valence-electron chi connectivity index (χ4n) is 1.10. The van der Waals surface area contributed by atoms with Gasteiger partial charge < -0.3 is 4.74 Å². The average Bonchev–Trinajstić information content (AvgIpc) is 2.16. The van der Waals surface area contributed by atoms with Crippen LogP contribution in [0.2, 0.25) is 0 Å². The normalized spacial score (nSPS) is 21.2. The highest BCUT2D eigenvalue weighted by atomic mass is 32.1. The Kier molecular flexibility index (Phi) is 3.89. The summed E-state index contributed by atoms with van der Waals surface area (Å²) in [5, 5.41) is 0. The highest BCUT2D eigenvalue weighted by Crippen LogP contribution is 2.18. The van der Waals surface area contributed by atoms with Crippen molar-refractivity contribution in [2.45, 2.75) is 6.92 Å². The number of alkyl halides is 1. The maximum Gasteiger partial charge on any atom is 0.123 e. The average molecular weight is 202 g/mol. The fraction of sp³-hybridized carbons (Fsp3) is 0.444. The lowest BCUT2D eigenvalue weighted by molar-refractivity contribution is 0.173. The molecule has 0 saturated heterocycles. The van der Waals surface area contributed by atoms with Crippen LogP contribution < -0.4 is 0 Å². The van der Waals surface area contributed by atoms with Gasteiger partial charge in [0.1, 0.15) is 19.0 Å². The van der Waals surface area contributed by atoms with Gasteiger partial charge >= 0.3 is 0 Å². The minimum absolute atomic E-state index is 0.0425. The zero-order valence-corrected chi connectivity index (χ0v) is 8.14. The molecule has 0 aromatic heterocycles. The summed E-state index contributed by atoms with van der Waals surface area (Å²) >= 11 is 0.456. The lowest BCUT2D eigenvalue weighted by Crippen LogP contribution is -2.16. The molecule has 0 N–H and O–H groups in total. The van der Waals surface area contributed by atoms with Crippen LogP contribution >= 0.6 is 0 Å². The first-order valence-electron chi connectivity index (χ1n) is 4.03. The van der Waals surface area contributed by atoms with Crippen molar-refractivity contribution in [2.24, 2.45) is 5.92 Å². The van der Waals surface area contributed by atoms with Crippen LogP contribution in [0.1, 0.15) is 6.92 Å². The maximum atomic E-state index is 11.8. The molecule has 1 unspecified atom stereocenters. The number of allylic oxidation sites excluding steroid dienone is 4. The van der Waals surface area contributed by atoms with Crippen LogP contribution in [0, 0.1) is 5.92 Å². The first kappa shape index (κ1) is 10.2. The molecule has 13 heavy (non-hydrogen) atoms. The van der Waals surface area contributed by atoms with Crippen molar-refractivity contribution in [3.8, 4) is 0 Å². The van der Waals surface area contributed by atoms with E-state index >= 15 is 0 Å². The number of halogens is 1. The van der Waals surface area contributed by atoms with Crippen LogP contribution in [0.15, 0.2) is 24.0 Å². The van der Waals surface area contributed by atoms with Crippen molar-refractivity contribution < 1.29 is 13.3 Å². The minimum atomic E-state index is -0.506. The molecule has 1 atom stereocenters. The molecule has 0 heterocycles. The van der Waals surface area contributed by atoms with E-state index in [1.807, 2.05) is 6.92 Å². The van der Waals surface area contributed by atoms with Gasteiger partial charge in [0.05, 0.1) is 22.0 Å². The van der Waals surface area contributed by atoms with E-state index in [2.05, 4.69) is 0 Å². The Morgan fingerprint density at radius 2 is 2.46 bits per heavy atom. The highest BCUT2D eigenvalue weighted by Gasteiger charge is 2.16. The van der Waals surface area contributed by atoms with Crippen LogP contribution in [0.5, 0.6) is 0 Å². The minimum Gasteiger partial charge on any atom is -0.495 e. The third-order valence-corrected chi connectivity index (χ3v) is 2.50. The monoisotopic (exact) mass is 202 g/mol. The predicted octanol–water partition coefficient (Wildman–Crippen LogP) is 1.45. The fourth-order valence-corrected chi connectivity index (χ4v) is 1.49. The number of hydrogen-bond donors (Lipinski definition) is 0. The molecule has 0 aromatic rings. The van der Waals surface area contributed by atoms with Crippen molar-refractivity contribution in [2.75, 3.05) is 13.3 Å². The van der Waals surface area contributed by atoms with Gasteiger partial charge in [-0.1, -0.05) is 13.0 Å². The summed E-state index contributed by atoms with van der Waals surface area (Å²) in [6.07, 6.45) is 5.26. The van der Waals surface area contributed by atoms with Crippen LogP contribution in [0.4, 0.5) is 4.39 Å². The van der Waals surface area contributed by atoms with Gasteiger partial charge in [-0.15, -0.1) is 0 Å². The summed E-state index contributed by atoms with van der Waals surface area (Å²) in [6.45, 7) is 1.42. The largest absolute Gasteiger partial charge is 0.495 e. The second kappa shape index (κ2) is 4.97. The first-order chi connectivity index (χ1) is 6.29. The summed E-state index contributed by atoms with van der Waals surface area (Å²) in [6, 6.07) is 0. The molecule has 0 fully saturated rings. The molecule has 0 aromatic carbocycles. The zero-order chi connectivity index (χ0) is 9.68. The van der Waals surface area contributed by atoms with Crippen molar-refractivity contribution in [3.63, 3.8) is 0 Å². The quantitative estimate of drug-likeness (QED) is 0.647. The second-order valence-electron chi connectivity index (χ2n) is 2.67. The molecular weight excluding hydrogens is 191 g/mol. The van der Waals surface area contributed by atoms with E-state index in [1.54, 1.807) is 18.2 Å². The SMILES string of the molecule is CC1C(OCCF)=CC=CC1=S=O. The first-order valence-corrected chi connectivity index (χ1v) is 4.77. The summed E-state index contributed by atoms with van der Waals surface area (Å²) in [5.74, 6) is 0.623. The Hall–Kier alpha value is -0.900. The Morgan fingerprint density at radius 1 is 1.69 bits per heavy atom. The van der Waals surface area contributed by atoms with Crippen LogP contribution in [0.25, 0.3) is 0 Å². The zero-order valence-electron chi connectivity index (χ0n) is 7.33. The molecule has 0 amide bonds.